The Balaban J connectivity index is 1.75. The van der Waals surface area contributed by atoms with Crippen LogP contribution in [0.5, 0.6) is 0 Å². The quantitative estimate of drug-likeness (QED) is 0.664. The van der Waals surface area contributed by atoms with Gasteiger partial charge in [-0.05, 0) is 50.1 Å². The van der Waals surface area contributed by atoms with Gasteiger partial charge in [0.15, 0.2) is 0 Å². The SMILES string of the molecule is O=S(=O)(c1cc(Br)c(Br)s1)N1CCN(c2ccccc2F)CC1. The van der Waals surface area contributed by atoms with Gasteiger partial charge in [-0.2, -0.15) is 4.31 Å². The molecule has 0 aliphatic carbocycles. The number of thiophene rings is 1. The van der Waals surface area contributed by atoms with Crippen LogP contribution in [0.15, 0.2) is 42.8 Å². The summed E-state index contributed by atoms with van der Waals surface area (Å²) in [6, 6.07) is 8.16. The van der Waals surface area contributed by atoms with E-state index in [0.29, 0.717) is 36.1 Å². The zero-order valence-corrected chi connectivity index (χ0v) is 16.7. The summed E-state index contributed by atoms with van der Waals surface area (Å²) in [6.07, 6.45) is 0. The first-order chi connectivity index (χ1) is 10.9. The number of benzene rings is 1. The summed E-state index contributed by atoms with van der Waals surface area (Å²) in [5.74, 6) is -0.282. The Morgan fingerprint density at radius 3 is 2.30 bits per heavy atom. The highest BCUT2D eigenvalue weighted by Crippen LogP contribution is 2.36. The number of piperazine rings is 1. The molecule has 0 bridgehead atoms. The number of sulfonamides is 1. The molecule has 9 heteroatoms. The summed E-state index contributed by atoms with van der Waals surface area (Å²) in [7, 11) is -3.51. The molecule has 0 saturated carbocycles. The molecular weight excluding hydrogens is 471 g/mol. The number of rotatable bonds is 3. The third-order valence-corrected chi connectivity index (χ3v) is 9.25. The standard InChI is InChI=1S/C14H13Br2FN2O2S2/c15-10-9-13(22-14(10)16)23(20,21)19-7-5-18(6-8-19)12-4-2-1-3-11(12)17/h1-4,9H,5-8H2. The summed E-state index contributed by atoms with van der Waals surface area (Å²) in [5, 5.41) is 0. The van der Waals surface area contributed by atoms with Crippen LogP contribution in [0.2, 0.25) is 0 Å². The Morgan fingerprint density at radius 1 is 1.09 bits per heavy atom. The molecule has 0 atom stereocenters. The fraction of sp³-hybridized carbons (Fsp3) is 0.286. The van der Waals surface area contributed by atoms with Crippen molar-refractivity contribution >= 4 is 58.9 Å². The lowest BCUT2D eigenvalue weighted by Gasteiger charge is -2.35. The van der Waals surface area contributed by atoms with Gasteiger partial charge in [-0.1, -0.05) is 12.1 Å². The van der Waals surface area contributed by atoms with Crippen molar-refractivity contribution in [2.75, 3.05) is 31.1 Å². The molecule has 23 heavy (non-hydrogen) atoms. The maximum Gasteiger partial charge on any atom is 0.252 e. The van der Waals surface area contributed by atoms with E-state index in [1.807, 2.05) is 4.90 Å². The molecule has 2 aromatic rings. The predicted octanol–water partition coefficient (Wildman–Crippen LogP) is 3.92. The number of hydrogen-bond acceptors (Lipinski definition) is 4. The zero-order chi connectivity index (χ0) is 16.6. The van der Waals surface area contributed by atoms with Crippen LogP contribution in [-0.4, -0.2) is 38.9 Å². The average Bonchev–Trinajstić information content (AvgIpc) is 2.88. The summed E-state index contributed by atoms with van der Waals surface area (Å²) in [5.41, 5.74) is 0.520. The monoisotopic (exact) mass is 482 g/mol. The number of halogens is 3. The molecule has 0 unspecified atom stereocenters. The zero-order valence-electron chi connectivity index (χ0n) is 11.9. The highest BCUT2D eigenvalue weighted by molar-refractivity contribution is 9.13. The van der Waals surface area contributed by atoms with Crippen molar-refractivity contribution in [2.24, 2.45) is 0 Å². The largest absolute Gasteiger partial charge is 0.367 e. The Kier molecular flexibility index (Phi) is 5.12. The Labute approximate surface area is 155 Å². The Bertz CT molecular complexity index is 798. The van der Waals surface area contributed by atoms with Gasteiger partial charge >= 0.3 is 0 Å². The van der Waals surface area contributed by atoms with Gasteiger partial charge in [-0.3, -0.25) is 0 Å². The summed E-state index contributed by atoms with van der Waals surface area (Å²) < 4.78 is 42.4. The van der Waals surface area contributed by atoms with Crippen LogP contribution in [0, 0.1) is 5.82 Å². The summed E-state index contributed by atoms with van der Waals surface area (Å²) in [6.45, 7) is 1.61. The molecule has 0 spiro atoms. The van der Waals surface area contributed by atoms with Gasteiger partial charge in [0.05, 0.1) is 9.47 Å². The van der Waals surface area contributed by atoms with Crippen LogP contribution in [0.1, 0.15) is 0 Å². The minimum atomic E-state index is -3.51. The van der Waals surface area contributed by atoms with Crippen LogP contribution < -0.4 is 4.90 Å². The Hall–Kier alpha value is -0.480. The third kappa shape index (κ3) is 3.48. The second-order valence-corrected chi connectivity index (χ2v) is 10.4. The van der Waals surface area contributed by atoms with E-state index in [1.165, 1.54) is 21.7 Å². The van der Waals surface area contributed by atoms with Crippen LogP contribution in [0.3, 0.4) is 0 Å². The second-order valence-electron chi connectivity index (χ2n) is 5.03. The lowest BCUT2D eigenvalue weighted by Crippen LogP contribution is -2.48. The van der Waals surface area contributed by atoms with Crippen LogP contribution >= 0.6 is 43.2 Å². The third-order valence-electron chi connectivity index (χ3n) is 3.65. The van der Waals surface area contributed by atoms with Crippen molar-refractivity contribution < 1.29 is 12.8 Å². The minimum absolute atomic E-state index is 0.282. The molecule has 3 rings (SSSR count). The van der Waals surface area contributed by atoms with Crippen molar-refractivity contribution in [3.05, 3.63) is 44.4 Å². The van der Waals surface area contributed by atoms with Crippen molar-refractivity contribution in [3.63, 3.8) is 0 Å². The lowest BCUT2D eigenvalue weighted by molar-refractivity contribution is 0.384. The highest BCUT2D eigenvalue weighted by Gasteiger charge is 2.30. The smallest absolute Gasteiger partial charge is 0.252 e. The van der Waals surface area contributed by atoms with E-state index in [2.05, 4.69) is 31.9 Å². The number of nitrogens with zero attached hydrogens (tertiary/aromatic N) is 2. The molecule has 2 heterocycles. The number of para-hydroxylation sites is 1. The van der Waals surface area contributed by atoms with Gasteiger partial charge in [0, 0.05) is 30.7 Å². The van der Waals surface area contributed by atoms with Crippen LogP contribution in [0.4, 0.5) is 10.1 Å². The second kappa shape index (κ2) is 6.79. The van der Waals surface area contributed by atoms with E-state index in [4.69, 9.17) is 0 Å². The molecule has 1 aromatic carbocycles. The first-order valence-electron chi connectivity index (χ1n) is 6.84. The minimum Gasteiger partial charge on any atom is -0.367 e. The maximum absolute atomic E-state index is 13.8. The van der Waals surface area contributed by atoms with E-state index in [-0.39, 0.29) is 5.82 Å². The molecule has 0 N–H and O–H groups in total. The van der Waals surface area contributed by atoms with Crippen molar-refractivity contribution in [3.8, 4) is 0 Å². The highest BCUT2D eigenvalue weighted by atomic mass is 79.9. The topological polar surface area (TPSA) is 40.6 Å². The maximum atomic E-state index is 13.8. The van der Waals surface area contributed by atoms with E-state index in [0.717, 1.165) is 8.26 Å². The fourth-order valence-corrected chi connectivity index (χ4v) is 6.86. The van der Waals surface area contributed by atoms with E-state index in [1.54, 1.807) is 24.3 Å². The predicted molar refractivity (Wildman–Crippen MR) is 97.1 cm³/mol. The van der Waals surface area contributed by atoms with Gasteiger partial charge < -0.3 is 4.90 Å². The molecule has 1 aliphatic rings. The Morgan fingerprint density at radius 2 is 1.74 bits per heavy atom. The first-order valence-corrected chi connectivity index (χ1v) is 10.7. The van der Waals surface area contributed by atoms with E-state index in [9.17, 15) is 12.8 Å². The number of anilines is 1. The molecule has 124 valence electrons. The van der Waals surface area contributed by atoms with E-state index >= 15 is 0 Å². The molecule has 1 fully saturated rings. The first kappa shape index (κ1) is 17.3. The molecule has 0 amide bonds. The molecular formula is C14H13Br2FN2O2S2. The molecule has 1 aromatic heterocycles. The fourth-order valence-electron chi connectivity index (χ4n) is 2.46. The van der Waals surface area contributed by atoms with Gasteiger partial charge in [0.25, 0.3) is 10.0 Å². The normalized spacial score (nSPS) is 16.7. The molecule has 1 aliphatic heterocycles. The van der Waals surface area contributed by atoms with Crippen molar-refractivity contribution in [2.45, 2.75) is 4.21 Å². The van der Waals surface area contributed by atoms with Gasteiger partial charge in [-0.25, -0.2) is 12.8 Å². The molecule has 1 saturated heterocycles. The van der Waals surface area contributed by atoms with Gasteiger partial charge in [-0.15, -0.1) is 11.3 Å². The van der Waals surface area contributed by atoms with Crippen molar-refractivity contribution in [1.29, 1.82) is 0 Å². The average molecular weight is 484 g/mol. The van der Waals surface area contributed by atoms with Gasteiger partial charge in [0.2, 0.25) is 0 Å². The summed E-state index contributed by atoms with van der Waals surface area (Å²) in [4.78, 5) is 1.88. The summed E-state index contributed by atoms with van der Waals surface area (Å²) >= 11 is 7.81. The number of hydrogen-bond donors (Lipinski definition) is 0. The van der Waals surface area contributed by atoms with Crippen LogP contribution in [0.25, 0.3) is 0 Å². The van der Waals surface area contributed by atoms with E-state index < -0.39 is 10.0 Å². The molecule has 0 radical (unpaired) electrons. The van der Waals surface area contributed by atoms with Crippen molar-refractivity contribution in [1.82, 2.24) is 4.31 Å². The molecule has 4 nitrogen and oxygen atoms in total. The van der Waals surface area contributed by atoms with Crippen LogP contribution in [-0.2, 0) is 10.0 Å². The lowest BCUT2D eigenvalue weighted by atomic mass is 10.2. The van der Waals surface area contributed by atoms with Gasteiger partial charge in [0.1, 0.15) is 10.0 Å².